The van der Waals surface area contributed by atoms with Crippen molar-refractivity contribution < 1.29 is 0 Å². The predicted octanol–water partition coefficient (Wildman–Crippen LogP) is 13.9. The van der Waals surface area contributed by atoms with Gasteiger partial charge in [0.1, 0.15) is 0 Å². The van der Waals surface area contributed by atoms with Crippen molar-refractivity contribution in [3.63, 3.8) is 0 Å². The highest BCUT2D eigenvalue weighted by molar-refractivity contribution is 6.16. The molecule has 0 aliphatic heterocycles. The first-order chi connectivity index (χ1) is 26.1. The predicted molar refractivity (Wildman–Crippen MR) is 224 cm³/mol. The first-order valence-corrected chi connectivity index (χ1v) is 18.4. The zero-order valence-corrected chi connectivity index (χ0v) is 29.9. The van der Waals surface area contributed by atoms with Gasteiger partial charge in [-0.1, -0.05) is 153 Å². The summed E-state index contributed by atoms with van der Waals surface area (Å²) >= 11 is 0. The first kappa shape index (κ1) is 31.1. The Morgan fingerprint density at radius 3 is 1.77 bits per heavy atom. The van der Waals surface area contributed by atoms with Gasteiger partial charge in [0.05, 0.1) is 16.7 Å². The fourth-order valence-electron chi connectivity index (χ4n) is 8.70. The molecule has 1 aromatic heterocycles. The highest BCUT2D eigenvalue weighted by atomic mass is 15.1. The van der Waals surface area contributed by atoms with E-state index >= 15 is 0 Å². The average molecular weight is 679 g/mol. The molecular formula is C51H38N2. The number of hydrogen-bond acceptors (Lipinski definition) is 1. The second-order valence-corrected chi connectivity index (χ2v) is 14.6. The molecule has 0 saturated carbocycles. The average Bonchev–Trinajstić information content (AvgIpc) is 3.67. The van der Waals surface area contributed by atoms with Crippen molar-refractivity contribution >= 4 is 38.9 Å². The van der Waals surface area contributed by atoms with Crippen molar-refractivity contribution in [2.75, 3.05) is 4.90 Å². The molecule has 252 valence electrons. The Morgan fingerprint density at radius 1 is 0.396 bits per heavy atom. The number of anilines is 3. The maximum atomic E-state index is 2.45. The molecule has 0 amide bonds. The Kier molecular flexibility index (Phi) is 7.19. The molecule has 0 saturated heterocycles. The van der Waals surface area contributed by atoms with Crippen LogP contribution in [0.2, 0.25) is 0 Å². The summed E-state index contributed by atoms with van der Waals surface area (Å²) < 4.78 is 2.45. The molecule has 8 aromatic carbocycles. The van der Waals surface area contributed by atoms with Gasteiger partial charge in [0, 0.05) is 38.8 Å². The van der Waals surface area contributed by atoms with Crippen molar-refractivity contribution in [1.82, 2.24) is 4.57 Å². The van der Waals surface area contributed by atoms with Crippen LogP contribution in [0, 0.1) is 0 Å². The lowest BCUT2D eigenvalue weighted by Gasteiger charge is -2.28. The van der Waals surface area contributed by atoms with E-state index in [2.05, 4.69) is 217 Å². The van der Waals surface area contributed by atoms with Gasteiger partial charge in [-0.25, -0.2) is 0 Å². The minimum absolute atomic E-state index is 0.0769. The lowest BCUT2D eigenvalue weighted by molar-refractivity contribution is 0.660. The molecular weight excluding hydrogens is 641 g/mol. The maximum absolute atomic E-state index is 2.45. The molecule has 0 fully saturated rings. The van der Waals surface area contributed by atoms with Crippen LogP contribution in [0.1, 0.15) is 25.0 Å². The van der Waals surface area contributed by atoms with Gasteiger partial charge in [-0.2, -0.15) is 0 Å². The van der Waals surface area contributed by atoms with Crippen molar-refractivity contribution in [2.45, 2.75) is 19.3 Å². The van der Waals surface area contributed by atoms with E-state index in [1.807, 2.05) is 0 Å². The lowest BCUT2D eigenvalue weighted by Crippen LogP contribution is -2.16. The van der Waals surface area contributed by atoms with E-state index < -0.39 is 0 Å². The minimum atomic E-state index is -0.0769. The van der Waals surface area contributed by atoms with Crippen LogP contribution >= 0.6 is 0 Å². The number of nitrogens with zero attached hydrogens (tertiary/aromatic N) is 2. The summed E-state index contributed by atoms with van der Waals surface area (Å²) in [7, 11) is 0. The van der Waals surface area contributed by atoms with E-state index in [4.69, 9.17) is 0 Å². The smallest absolute Gasteiger partial charge is 0.0547 e. The Morgan fingerprint density at radius 2 is 0.962 bits per heavy atom. The van der Waals surface area contributed by atoms with Crippen LogP contribution in [0.15, 0.2) is 194 Å². The molecule has 0 spiro atoms. The van der Waals surface area contributed by atoms with E-state index in [9.17, 15) is 0 Å². The summed E-state index contributed by atoms with van der Waals surface area (Å²) in [5, 5.41) is 2.53. The molecule has 1 aliphatic carbocycles. The van der Waals surface area contributed by atoms with Gasteiger partial charge in [-0.15, -0.1) is 0 Å². The molecule has 2 nitrogen and oxygen atoms in total. The zero-order chi connectivity index (χ0) is 35.5. The van der Waals surface area contributed by atoms with E-state index in [0.717, 1.165) is 22.7 Å². The Balaban J connectivity index is 1.10. The van der Waals surface area contributed by atoms with Crippen molar-refractivity contribution in [3.05, 3.63) is 205 Å². The Bertz CT molecular complexity index is 2790. The summed E-state index contributed by atoms with van der Waals surface area (Å²) in [6.45, 7) is 4.69. The van der Waals surface area contributed by atoms with Crippen molar-refractivity contribution in [3.8, 4) is 39.1 Å². The van der Waals surface area contributed by atoms with Crippen LogP contribution in [0.3, 0.4) is 0 Å². The highest BCUT2D eigenvalue weighted by Crippen LogP contribution is 2.50. The van der Waals surface area contributed by atoms with Gasteiger partial charge in [-0.05, 0) is 93.5 Å². The molecule has 0 bridgehead atoms. The van der Waals surface area contributed by atoms with Crippen LogP contribution in [-0.4, -0.2) is 4.57 Å². The third-order valence-corrected chi connectivity index (χ3v) is 11.2. The second-order valence-electron chi connectivity index (χ2n) is 14.6. The fourth-order valence-corrected chi connectivity index (χ4v) is 8.70. The maximum Gasteiger partial charge on any atom is 0.0547 e. The van der Waals surface area contributed by atoms with Gasteiger partial charge in [-0.3, -0.25) is 0 Å². The molecule has 0 N–H and O–H groups in total. The van der Waals surface area contributed by atoms with Crippen LogP contribution in [0.4, 0.5) is 17.1 Å². The van der Waals surface area contributed by atoms with E-state index in [0.29, 0.717) is 0 Å². The molecule has 1 aliphatic rings. The monoisotopic (exact) mass is 678 g/mol. The first-order valence-electron chi connectivity index (χ1n) is 18.4. The van der Waals surface area contributed by atoms with Gasteiger partial charge in [0.2, 0.25) is 0 Å². The summed E-state index contributed by atoms with van der Waals surface area (Å²) in [5.74, 6) is 0. The van der Waals surface area contributed by atoms with E-state index in [1.165, 1.54) is 66.3 Å². The third-order valence-electron chi connectivity index (χ3n) is 11.2. The number of rotatable bonds is 6. The fraction of sp³-hybridized carbons (Fsp3) is 0.0588. The number of fused-ring (bicyclic) bond motifs is 6. The Hall–Kier alpha value is -6.64. The highest BCUT2D eigenvalue weighted by Gasteiger charge is 2.35. The van der Waals surface area contributed by atoms with E-state index in [-0.39, 0.29) is 5.41 Å². The van der Waals surface area contributed by atoms with Crippen LogP contribution < -0.4 is 4.90 Å². The van der Waals surface area contributed by atoms with Gasteiger partial charge in [0.15, 0.2) is 0 Å². The largest absolute Gasteiger partial charge is 0.310 e. The lowest BCUT2D eigenvalue weighted by atomic mass is 9.82. The molecule has 53 heavy (non-hydrogen) atoms. The second kappa shape index (κ2) is 12.3. The number of benzene rings is 8. The normalized spacial score (nSPS) is 12.9. The topological polar surface area (TPSA) is 8.17 Å². The number of hydrogen-bond donors (Lipinski definition) is 0. The standard InChI is InChI=1S/C51H38N2/c1-51(2)45-24-12-9-21-42(45)43-33-32-39(34-46(43)51)52(37-18-7-4-8-19-37)38-30-28-36(29-31-38)40-20-10-13-25-47(40)53-48-26-14-11-22-44(48)50-41(23-15-27-49(50)53)35-16-5-3-6-17-35/h3-34H,1-2H3. The summed E-state index contributed by atoms with van der Waals surface area (Å²) in [6.07, 6.45) is 0. The van der Waals surface area contributed by atoms with Crippen LogP contribution in [0.5, 0.6) is 0 Å². The minimum Gasteiger partial charge on any atom is -0.310 e. The number of aromatic nitrogens is 1. The van der Waals surface area contributed by atoms with Crippen molar-refractivity contribution in [2.24, 2.45) is 0 Å². The van der Waals surface area contributed by atoms with E-state index in [1.54, 1.807) is 0 Å². The van der Waals surface area contributed by atoms with Crippen LogP contribution in [0.25, 0.3) is 60.9 Å². The molecule has 10 rings (SSSR count). The molecule has 2 heteroatoms. The molecule has 0 unspecified atom stereocenters. The van der Waals surface area contributed by atoms with Gasteiger partial charge in [0.25, 0.3) is 0 Å². The zero-order valence-electron chi connectivity index (χ0n) is 29.9. The third kappa shape index (κ3) is 4.94. The molecule has 9 aromatic rings. The summed E-state index contributed by atoms with van der Waals surface area (Å²) in [4.78, 5) is 2.38. The SMILES string of the molecule is CC1(C)c2ccccc2-c2ccc(N(c3ccccc3)c3ccc(-c4ccccc4-n4c5ccccc5c5c(-c6ccccc6)cccc54)cc3)cc21. The van der Waals surface area contributed by atoms with Crippen molar-refractivity contribution in [1.29, 1.82) is 0 Å². The Labute approximate surface area is 310 Å². The molecule has 1 heterocycles. The molecule has 0 atom stereocenters. The molecule has 0 radical (unpaired) electrons. The quantitative estimate of drug-likeness (QED) is 0.170. The number of para-hydroxylation sites is 3. The van der Waals surface area contributed by atoms with Crippen LogP contribution in [-0.2, 0) is 5.41 Å². The summed E-state index contributed by atoms with van der Waals surface area (Å²) in [6, 6.07) is 70.7. The summed E-state index contributed by atoms with van der Waals surface area (Å²) in [5.41, 5.74) is 17.2. The van der Waals surface area contributed by atoms with Gasteiger partial charge < -0.3 is 9.47 Å². The van der Waals surface area contributed by atoms with Gasteiger partial charge >= 0.3 is 0 Å².